The van der Waals surface area contributed by atoms with Gasteiger partial charge in [-0.15, -0.1) is 0 Å². The number of Topliss-reactive ketones (excluding diaryl/α,β-unsaturated/α-hetero) is 1. The van der Waals surface area contributed by atoms with Crippen molar-refractivity contribution in [3.05, 3.63) is 101 Å². The second-order valence-corrected chi connectivity index (χ2v) is 6.33. The van der Waals surface area contributed by atoms with Gasteiger partial charge in [-0.3, -0.25) is 4.79 Å². The van der Waals surface area contributed by atoms with Crippen molar-refractivity contribution >= 4 is 11.9 Å². The summed E-state index contributed by atoms with van der Waals surface area (Å²) in [6.07, 6.45) is 1.55. The molecule has 134 valence electrons. The Kier molecular flexibility index (Phi) is 4.47. The van der Waals surface area contributed by atoms with Crippen LogP contribution in [0.15, 0.2) is 72.5 Å². The molecule has 1 aliphatic heterocycles. The van der Waals surface area contributed by atoms with Gasteiger partial charge in [-0.2, -0.15) is 0 Å². The fourth-order valence-electron chi connectivity index (χ4n) is 3.01. The van der Waals surface area contributed by atoms with E-state index in [9.17, 15) is 9.18 Å². The molecule has 1 heterocycles. The topological polar surface area (TPSA) is 35.5 Å². The number of carbonyl (C=O) groups excluding carboxylic acids is 1. The highest BCUT2D eigenvalue weighted by Gasteiger charge is 2.30. The first-order valence-electron chi connectivity index (χ1n) is 8.62. The minimum absolute atomic E-state index is 0.180. The van der Waals surface area contributed by atoms with Crippen LogP contribution in [-0.2, 0) is 6.61 Å². The number of ether oxygens (including phenoxy) is 2. The van der Waals surface area contributed by atoms with Gasteiger partial charge >= 0.3 is 0 Å². The van der Waals surface area contributed by atoms with Gasteiger partial charge in [-0.1, -0.05) is 42.5 Å². The molecule has 0 bridgehead atoms. The fraction of sp³-hybridized carbons (Fsp3) is 0.0870. The third-order valence-electron chi connectivity index (χ3n) is 4.42. The van der Waals surface area contributed by atoms with Crippen LogP contribution in [-0.4, -0.2) is 5.78 Å². The molecule has 4 heteroatoms. The Morgan fingerprint density at radius 2 is 1.85 bits per heavy atom. The normalized spacial score (nSPS) is 14.1. The third-order valence-corrected chi connectivity index (χ3v) is 4.42. The highest BCUT2D eigenvalue weighted by molar-refractivity contribution is 6.14. The average Bonchev–Trinajstić information content (AvgIpc) is 2.99. The van der Waals surface area contributed by atoms with E-state index in [-0.39, 0.29) is 17.4 Å². The van der Waals surface area contributed by atoms with Crippen LogP contribution in [0.25, 0.3) is 6.08 Å². The monoisotopic (exact) mass is 360 g/mol. The molecule has 0 unspecified atom stereocenters. The number of benzene rings is 3. The molecule has 0 amide bonds. The van der Waals surface area contributed by atoms with E-state index < -0.39 is 0 Å². The predicted molar refractivity (Wildman–Crippen MR) is 101 cm³/mol. The molecular weight excluding hydrogens is 343 g/mol. The van der Waals surface area contributed by atoms with Crippen LogP contribution in [0, 0.1) is 12.7 Å². The van der Waals surface area contributed by atoms with Crippen LogP contribution in [0.4, 0.5) is 4.39 Å². The zero-order valence-electron chi connectivity index (χ0n) is 14.7. The lowest BCUT2D eigenvalue weighted by atomic mass is 10.1. The Labute approximate surface area is 156 Å². The van der Waals surface area contributed by atoms with E-state index in [1.165, 1.54) is 12.1 Å². The van der Waals surface area contributed by atoms with Crippen molar-refractivity contribution in [2.75, 3.05) is 0 Å². The number of carbonyl (C=O) groups is 1. The highest BCUT2D eigenvalue weighted by Crippen LogP contribution is 2.39. The van der Waals surface area contributed by atoms with Gasteiger partial charge in [-0.05, 0) is 48.4 Å². The van der Waals surface area contributed by atoms with Gasteiger partial charge in [0.15, 0.2) is 5.76 Å². The van der Waals surface area contributed by atoms with Crippen LogP contribution < -0.4 is 9.47 Å². The summed E-state index contributed by atoms with van der Waals surface area (Å²) in [5, 5.41) is 0. The molecular formula is C23H17FO3. The summed E-state index contributed by atoms with van der Waals surface area (Å²) in [6.45, 7) is 2.29. The Balaban J connectivity index is 1.59. The molecule has 0 aliphatic carbocycles. The molecule has 1 aliphatic rings. The molecule has 0 saturated heterocycles. The third kappa shape index (κ3) is 3.47. The summed E-state index contributed by atoms with van der Waals surface area (Å²) in [5.74, 6) is 0.761. The zero-order valence-corrected chi connectivity index (χ0v) is 14.7. The SMILES string of the molecule is Cc1c(OCc2ccccc2)ccc2c1O/C(=C\c1cccc(F)c1)C2=O. The molecule has 3 aromatic carbocycles. The first-order valence-corrected chi connectivity index (χ1v) is 8.62. The van der Waals surface area contributed by atoms with Gasteiger partial charge in [0, 0.05) is 5.56 Å². The van der Waals surface area contributed by atoms with Crippen LogP contribution in [0.3, 0.4) is 0 Å². The average molecular weight is 360 g/mol. The molecule has 0 aromatic heterocycles. The van der Waals surface area contributed by atoms with Gasteiger partial charge in [0.05, 0.1) is 5.56 Å². The van der Waals surface area contributed by atoms with Crippen molar-refractivity contribution in [3.8, 4) is 11.5 Å². The number of halogens is 1. The largest absolute Gasteiger partial charge is 0.488 e. The van der Waals surface area contributed by atoms with E-state index in [0.717, 1.165) is 11.1 Å². The van der Waals surface area contributed by atoms with Crippen molar-refractivity contribution < 1.29 is 18.7 Å². The van der Waals surface area contributed by atoms with Crippen LogP contribution >= 0.6 is 0 Å². The van der Waals surface area contributed by atoms with Crippen molar-refractivity contribution in [1.29, 1.82) is 0 Å². The zero-order chi connectivity index (χ0) is 18.8. The fourth-order valence-corrected chi connectivity index (χ4v) is 3.01. The van der Waals surface area contributed by atoms with E-state index in [1.807, 2.05) is 37.3 Å². The van der Waals surface area contributed by atoms with E-state index in [1.54, 1.807) is 30.3 Å². The van der Waals surface area contributed by atoms with Crippen molar-refractivity contribution in [3.63, 3.8) is 0 Å². The van der Waals surface area contributed by atoms with Crippen LogP contribution in [0.5, 0.6) is 11.5 Å². The van der Waals surface area contributed by atoms with Gasteiger partial charge in [0.2, 0.25) is 5.78 Å². The number of allylic oxidation sites excluding steroid dienone is 1. The standard InChI is InChI=1S/C23H17FO3/c1-15-20(26-14-16-6-3-2-4-7-16)11-10-19-22(25)21(27-23(15)19)13-17-8-5-9-18(24)12-17/h2-13H,14H2,1H3/b21-13-. The first-order chi connectivity index (χ1) is 13.1. The van der Waals surface area contributed by atoms with Gasteiger partial charge < -0.3 is 9.47 Å². The molecule has 0 radical (unpaired) electrons. The number of ketones is 1. The summed E-state index contributed by atoms with van der Waals surface area (Å²) in [7, 11) is 0. The second kappa shape index (κ2) is 7.08. The molecule has 4 rings (SSSR count). The predicted octanol–water partition coefficient (Wildman–Crippen LogP) is 5.33. The summed E-state index contributed by atoms with van der Waals surface area (Å²) in [4.78, 5) is 12.6. The number of hydrogen-bond acceptors (Lipinski definition) is 3. The minimum atomic E-state index is -0.361. The van der Waals surface area contributed by atoms with E-state index >= 15 is 0 Å². The Morgan fingerprint density at radius 1 is 1.04 bits per heavy atom. The van der Waals surface area contributed by atoms with Gasteiger partial charge in [0.25, 0.3) is 0 Å². The lowest BCUT2D eigenvalue weighted by Gasteiger charge is -2.11. The van der Waals surface area contributed by atoms with Crippen molar-refractivity contribution in [2.45, 2.75) is 13.5 Å². The van der Waals surface area contributed by atoms with Gasteiger partial charge in [0.1, 0.15) is 23.9 Å². The molecule has 0 atom stereocenters. The minimum Gasteiger partial charge on any atom is -0.488 e. The summed E-state index contributed by atoms with van der Waals surface area (Å²) < 4.78 is 25.1. The number of rotatable bonds is 4. The number of fused-ring (bicyclic) bond motifs is 1. The Bertz CT molecular complexity index is 1040. The van der Waals surface area contributed by atoms with E-state index in [2.05, 4.69) is 0 Å². The van der Waals surface area contributed by atoms with Crippen LogP contribution in [0.1, 0.15) is 27.0 Å². The summed E-state index contributed by atoms with van der Waals surface area (Å²) in [6, 6.07) is 19.4. The molecule has 0 saturated carbocycles. The molecule has 27 heavy (non-hydrogen) atoms. The number of hydrogen-bond donors (Lipinski definition) is 0. The summed E-state index contributed by atoms with van der Waals surface area (Å²) in [5.41, 5.74) is 2.88. The lowest BCUT2D eigenvalue weighted by molar-refractivity contribution is 0.101. The quantitative estimate of drug-likeness (QED) is 0.590. The van der Waals surface area contributed by atoms with E-state index in [4.69, 9.17) is 9.47 Å². The highest BCUT2D eigenvalue weighted by atomic mass is 19.1. The maximum Gasteiger partial charge on any atom is 0.231 e. The Morgan fingerprint density at radius 3 is 2.63 bits per heavy atom. The Hall–Kier alpha value is -3.40. The molecule has 3 aromatic rings. The molecule has 0 N–H and O–H groups in total. The first kappa shape index (κ1) is 17.0. The molecule has 3 nitrogen and oxygen atoms in total. The lowest BCUT2D eigenvalue weighted by Crippen LogP contribution is -1.98. The maximum absolute atomic E-state index is 13.4. The second-order valence-electron chi connectivity index (χ2n) is 6.33. The smallest absolute Gasteiger partial charge is 0.231 e. The maximum atomic E-state index is 13.4. The summed E-state index contributed by atoms with van der Waals surface area (Å²) >= 11 is 0. The van der Waals surface area contributed by atoms with Gasteiger partial charge in [-0.25, -0.2) is 4.39 Å². The van der Waals surface area contributed by atoms with Crippen molar-refractivity contribution in [2.24, 2.45) is 0 Å². The van der Waals surface area contributed by atoms with E-state index in [0.29, 0.717) is 29.2 Å². The van der Waals surface area contributed by atoms with Crippen molar-refractivity contribution in [1.82, 2.24) is 0 Å². The molecule has 0 spiro atoms. The molecule has 0 fully saturated rings. The van der Waals surface area contributed by atoms with Crippen LogP contribution in [0.2, 0.25) is 0 Å².